The number of aliphatic hydroxyl groups is 1. The fraction of sp³-hybridized carbons (Fsp3) is 0.647. The minimum Gasteiger partial charge on any atom is -0.389 e. The molecule has 1 saturated carbocycles. The topological polar surface area (TPSA) is 32.3 Å². The van der Waals surface area contributed by atoms with Crippen LogP contribution in [0.15, 0.2) is 28.7 Å². The maximum atomic E-state index is 10.3. The molecule has 0 spiro atoms. The van der Waals surface area contributed by atoms with Gasteiger partial charge in [-0.25, -0.2) is 0 Å². The van der Waals surface area contributed by atoms with Crippen molar-refractivity contribution in [1.29, 1.82) is 0 Å². The van der Waals surface area contributed by atoms with Gasteiger partial charge in [-0.3, -0.25) is 0 Å². The molecule has 0 aliphatic heterocycles. The van der Waals surface area contributed by atoms with E-state index >= 15 is 0 Å². The van der Waals surface area contributed by atoms with Gasteiger partial charge in [0.05, 0.1) is 5.60 Å². The summed E-state index contributed by atoms with van der Waals surface area (Å²) in [6.45, 7) is 6.93. The Morgan fingerprint density at radius 3 is 2.60 bits per heavy atom. The van der Waals surface area contributed by atoms with Crippen molar-refractivity contribution >= 4 is 15.9 Å². The molecular formula is C17H26BrNO. The smallest absolute Gasteiger partial charge is 0.0746 e. The average Bonchev–Trinajstić information content (AvgIpc) is 2.27. The van der Waals surface area contributed by atoms with E-state index < -0.39 is 5.60 Å². The van der Waals surface area contributed by atoms with E-state index in [1.165, 1.54) is 22.9 Å². The summed E-state index contributed by atoms with van der Waals surface area (Å²) in [7, 11) is 0. The molecule has 0 amide bonds. The molecule has 1 unspecified atom stereocenters. The summed E-state index contributed by atoms with van der Waals surface area (Å²) >= 11 is 3.63. The lowest BCUT2D eigenvalue weighted by Gasteiger charge is -2.39. The second-order valence-electron chi connectivity index (χ2n) is 6.86. The number of hydrogen-bond acceptors (Lipinski definition) is 2. The van der Waals surface area contributed by atoms with Crippen molar-refractivity contribution in [2.24, 2.45) is 5.92 Å². The molecule has 0 saturated heterocycles. The molecule has 0 aromatic heterocycles. The molecule has 1 fully saturated rings. The summed E-state index contributed by atoms with van der Waals surface area (Å²) < 4.78 is 1.22. The van der Waals surface area contributed by atoms with Gasteiger partial charge in [0, 0.05) is 17.1 Å². The SMILES string of the molecule is CC(C)CC(C)(O)CNC1CC(c2ccccc2Br)C1. The Morgan fingerprint density at radius 2 is 2.00 bits per heavy atom. The van der Waals surface area contributed by atoms with Crippen LogP contribution in [0.3, 0.4) is 0 Å². The molecule has 112 valence electrons. The zero-order valence-corrected chi connectivity index (χ0v) is 14.3. The summed E-state index contributed by atoms with van der Waals surface area (Å²) in [4.78, 5) is 0. The van der Waals surface area contributed by atoms with Crippen LogP contribution in [0.1, 0.15) is 51.5 Å². The van der Waals surface area contributed by atoms with Crippen molar-refractivity contribution in [2.75, 3.05) is 6.54 Å². The second-order valence-corrected chi connectivity index (χ2v) is 7.72. The minimum atomic E-state index is -0.591. The molecule has 1 aromatic rings. The molecular weight excluding hydrogens is 314 g/mol. The predicted octanol–water partition coefficient (Wildman–Crippen LogP) is 4.08. The van der Waals surface area contributed by atoms with Gasteiger partial charge in [0.1, 0.15) is 0 Å². The molecule has 20 heavy (non-hydrogen) atoms. The van der Waals surface area contributed by atoms with Gasteiger partial charge in [-0.05, 0) is 49.7 Å². The third-order valence-electron chi connectivity index (χ3n) is 4.10. The monoisotopic (exact) mass is 339 g/mol. The first-order chi connectivity index (χ1) is 9.37. The zero-order valence-electron chi connectivity index (χ0n) is 12.7. The third-order valence-corrected chi connectivity index (χ3v) is 4.82. The lowest BCUT2D eigenvalue weighted by molar-refractivity contribution is 0.0320. The van der Waals surface area contributed by atoms with Gasteiger partial charge in [-0.1, -0.05) is 48.0 Å². The first-order valence-corrected chi connectivity index (χ1v) is 8.37. The highest BCUT2D eigenvalue weighted by atomic mass is 79.9. The van der Waals surface area contributed by atoms with Crippen LogP contribution < -0.4 is 5.32 Å². The van der Waals surface area contributed by atoms with Crippen molar-refractivity contribution in [1.82, 2.24) is 5.32 Å². The molecule has 1 aliphatic rings. The molecule has 1 aromatic carbocycles. The van der Waals surface area contributed by atoms with Crippen LogP contribution in [0.4, 0.5) is 0 Å². The van der Waals surface area contributed by atoms with Crippen molar-refractivity contribution in [3.05, 3.63) is 34.3 Å². The highest BCUT2D eigenvalue weighted by Crippen LogP contribution is 2.40. The van der Waals surface area contributed by atoms with E-state index in [2.05, 4.69) is 59.4 Å². The van der Waals surface area contributed by atoms with Crippen LogP contribution in [0.2, 0.25) is 0 Å². The average molecular weight is 340 g/mol. The molecule has 0 radical (unpaired) electrons. The van der Waals surface area contributed by atoms with Crippen LogP contribution in [-0.2, 0) is 0 Å². The Bertz CT molecular complexity index is 438. The Labute approximate surface area is 131 Å². The van der Waals surface area contributed by atoms with Crippen LogP contribution in [0, 0.1) is 5.92 Å². The predicted molar refractivity (Wildman–Crippen MR) is 88.0 cm³/mol. The normalized spacial score (nSPS) is 25.3. The van der Waals surface area contributed by atoms with Crippen molar-refractivity contribution in [2.45, 2.75) is 57.6 Å². The molecule has 0 heterocycles. The van der Waals surface area contributed by atoms with Crippen LogP contribution in [0.5, 0.6) is 0 Å². The summed E-state index contributed by atoms with van der Waals surface area (Å²) in [5, 5.41) is 13.8. The number of hydrogen-bond donors (Lipinski definition) is 2. The molecule has 2 rings (SSSR count). The summed E-state index contributed by atoms with van der Waals surface area (Å²) in [6, 6.07) is 9.04. The van der Waals surface area contributed by atoms with E-state index in [9.17, 15) is 5.11 Å². The lowest BCUT2D eigenvalue weighted by atomic mass is 9.75. The van der Waals surface area contributed by atoms with Gasteiger partial charge in [0.25, 0.3) is 0 Å². The van der Waals surface area contributed by atoms with Crippen LogP contribution in [0.25, 0.3) is 0 Å². The van der Waals surface area contributed by atoms with Gasteiger partial charge in [0.15, 0.2) is 0 Å². The number of nitrogens with one attached hydrogen (secondary N) is 1. The van der Waals surface area contributed by atoms with Crippen molar-refractivity contribution in [3.63, 3.8) is 0 Å². The molecule has 3 heteroatoms. The fourth-order valence-corrected chi connectivity index (χ4v) is 3.77. The van der Waals surface area contributed by atoms with E-state index in [-0.39, 0.29) is 0 Å². The Morgan fingerprint density at radius 1 is 1.35 bits per heavy atom. The lowest BCUT2D eigenvalue weighted by Crippen LogP contribution is -2.47. The van der Waals surface area contributed by atoms with Crippen molar-refractivity contribution in [3.8, 4) is 0 Å². The Kier molecular flexibility index (Phi) is 5.27. The van der Waals surface area contributed by atoms with E-state index in [0.717, 1.165) is 6.42 Å². The summed E-state index contributed by atoms with van der Waals surface area (Å²) in [5.74, 6) is 1.18. The standard InChI is InChI=1S/C17H26BrNO/c1-12(2)10-17(3,20)11-19-14-8-13(9-14)15-6-4-5-7-16(15)18/h4-7,12-14,19-20H,8-11H2,1-3H3. The minimum absolute atomic E-state index is 0.529. The van der Waals surface area contributed by atoms with Crippen molar-refractivity contribution < 1.29 is 5.11 Å². The largest absolute Gasteiger partial charge is 0.389 e. The summed E-state index contributed by atoms with van der Waals surface area (Å²) in [5.41, 5.74) is 0.826. The Hall–Kier alpha value is -0.380. The van der Waals surface area contributed by atoms with Crippen LogP contribution >= 0.6 is 15.9 Å². The third kappa shape index (κ3) is 4.31. The molecule has 1 atom stereocenters. The number of halogens is 1. The van der Waals surface area contributed by atoms with Crippen LogP contribution in [-0.4, -0.2) is 23.3 Å². The number of benzene rings is 1. The van der Waals surface area contributed by atoms with Gasteiger partial charge < -0.3 is 10.4 Å². The molecule has 2 N–H and O–H groups in total. The first-order valence-electron chi connectivity index (χ1n) is 7.57. The highest BCUT2D eigenvalue weighted by Gasteiger charge is 2.32. The molecule has 2 nitrogen and oxygen atoms in total. The van der Waals surface area contributed by atoms with Gasteiger partial charge in [0.2, 0.25) is 0 Å². The van der Waals surface area contributed by atoms with E-state index in [4.69, 9.17) is 0 Å². The van der Waals surface area contributed by atoms with Gasteiger partial charge >= 0.3 is 0 Å². The maximum absolute atomic E-state index is 10.3. The summed E-state index contributed by atoms with van der Waals surface area (Å²) in [6.07, 6.45) is 3.18. The van der Waals surface area contributed by atoms with Gasteiger partial charge in [-0.2, -0.15) is 0 Å². The molecule has 0 bridgehead atoms. The fourth-order valence-electron chi connectivity index (χ4n) is 3.16. The zero-order chi connectivity index (χ0) is 14.8. The number of rotatable bonds is 6. The van der Waals surface area contributed by atoms with E-state index in [1.54, 1.807) is 0 Å². The van der Waals surface area contributed by atoms with Gasteiger partial charge in [-0.15, -0.1) is 0 Å². The first kappa shape index (κ1) is 16.0. The maximum Gasteiger partial charge on any atom is 0.0746 e. The molecule has 1 aliphatic carbocycles. The quantitative estimate of drug-likeness (QED) is 0.818. The Balaban J connectivity index is 1.76. The van der Waals surface area contributed by atoms with E-state index in [0.29, 0.717) is 24.4 Å². The highest BCUT2D eigenvalue weighted by molar-refractivity contribution is 9.10. The second kappa shape index (κ2) is 6.59. The van der Waals surface area contributed by atoms with E-state index in [1.807, 2.05) is 6.92 Å².